The largest absolute Gasteiger partial charge is 0.376 e. The molecule has 1 atom stereocenters. The van der Waals surface area contributed by atoms with E-state index in [0.717, 1.165) is 25.1 Å². The summed E-state index contributed by atoms with van der Waals surface area (Å²) in [5.41, 5.74) is 1.70. The predicted molar refractivity (Wildman–Crippen MR) is 86.0 cm³/mol. The number of halogens is 1. The van der Waals surface area contributed by atoms with Crippen LogP contribution in [0.4, 0.5) is 10.1 Å². The van der Waals surface area contributed by atoms with Gasteiger partial charge in [-0.05, 0) is 55.7 Å². The third-order valence-corrected chi connectivity index (χ3v) is 4.03. The molecule has 1 aromatic carbocycles. The summed E-state index contributed by atoms with van der Waals surface area (Å²) < 4.78 is 19.1. The molecule has 5 heteroatoms. The third-order valence-electron chi connectivity index (χ3n) is 4.03. The molecule has 0 aliphatic carbocycles. The molecule has 2 aromatic rings. The van der Waals surface area contributed by atoms with E-state index in [1.54, 1.807) is 42.4 Å². The molecule has 3 rings (SSSR count). The van der Waals surface area contributed by atoms with Crippen LogP contribution in [-0.4, -0.2) is 30.1 Å². The summed E-state index contributed by atoms with van der Waals surface area (Å²) in [4.78, 5) is 18.6. The molecule has 0 radical (unpaired) electrons. The van der Waals surface area contributed by atoms with E-state index >= 15 is 0 Å². The maximum Gasteiger partial charge on any atom is 0.258 e. The van der Waals surface area contributed by atoms with Gasteiger partial charge in [-0.3, -0.25) is 9.78 Å². The smallest absolute Gasteiger partial charge is 0.258 e. The maximum absolute atomic E-state index is 13.5. The zero-order chi connectivity index (χ0) is 16.2. The molecular formula is C18H19FN2O2. The SMILES string of the molecule is Cc1cc(C(=O)N(CC2CCCO2)c2ccncc2)ccc1F. The second-order valence-corrected chi connectivity index (χ2v) is 5.72. The van der Waals surface area contributed by atoms with Gasteiger partial charge in [0.15, 0.2) is 0 Å². The van der Waals surface area contributed by atoms with E-state index in [1.165, 1.54) is 12.1 Å². The van der Waals surface area contributed by atoms with Crippen LogP contribution in [0.3, 0.4) is 0 Å². The highest BCUT2D eigenvalue weighted by atomic mass is 19.1. The lowest BCUT2D eigenvalue weighted by Crippen LogP contribution is -2.37. The van der Waals surface area contributed by atoms with Gasteiger partial charge >= 0.3 is 0 Å². The van der Waals surface area contributed by atoms with Crippen molar-refractivity contribution >= 4 is 11.6 Å². The summed E-state index contributed by atoms with van der Waals surface area (Å²) in [5, 5.41) is 0. The standard InChI is InChI=1S/C18H19FN2O2/c1-13-11-14(4-5-17(13)19)18(22)21(12-16-3-2-10-23-16)15-6-8-20-9-7-15/h4-9,11,16H,2-3,10,12H2,1H3. The number of benzene rings is 1. The third kappa shape index (κ3) is 3.56. The van der Waals surface area contributed by atoms with Gasteiger partial charge < -0.3 is 9.64 Å². The summed E-state index contributed by atoms with van der Waals surface area (Å²) in [6.45, 7) is 2.88. The molecule has 23 heavy (non-hydrogen) atoms. The molecular weight excluding hydrogens is 295 g/mol. The second kappa shape index (κ2) is 6.87. The van der Waals surface area contributed by atoms with E-state index in [4.69, 9.17) is 4.74 Å². The van der Waals surface area contributed by atoms with Crippen molar-refractivity contribution in [3.8, 4) is 0 Å². The minimum Gasteiger partial charge on any atom is -0.376 e. The summed E-state index contributed by atoms with van der Waals surface area (Å²) in [6.07, 6.45) is 5.30. The molecule has 4 nitrogen and oxygen atoms in total. The van der Waals surface area contributed by atoms with Crippen LogP contribution in [0, 0.1) is 12.7 Å². The highest BCUT2D eigenvalue weighted by Crippen LogP contribution is 2.21. The van der Waals surface area contributed by atoms with Crippen molar-refractivity contribution in [2.45, 2.75) is 25.9 Å². The quantitative estimate of drug-likeness (QED) is 0.869. The molecule has 0 bridgehead atoms. The first-order chi connectivity index (χ1) is 11.1. The molecule has 0 N–H and O–H groups in total. The number of carbonyl (C=O) groups is 1. The first-order valence-electron chi connectivity index (χ1n) is 7.75. The van der Waals surface area contributed by atoms with Gasteiger partial charge in [0.25, 0.3) is 5.91 Å². The van der Waals surface area contributed by atoms with E-state index in [0.29, 0.717) is 17.7 Å². The molecule has 1 saturated heterocycles. The molecule has 0 spiro atoms. The zero-order valence-corrected chi connectivity index (χ0v) is 13.0. The molecule has 1 aliphatic rings. The Kier molecular flexibility index (Phi) is 4.67. The van der Waals surface area contributed by atoms with Crippen LogP contribution in [0.15, 0.2) is 42.7 Å². The van der Waals surface area contributed by atoms with Crippen molar-refractivity contribution in [3.63, 3.8) is 0 Å². The molecule has 1 fully saturated rings. The van der Waals surface area contributed by atoms with Gasteiger partial charge in [0.2, 0.25) is 0 Å². The van der Waals surface area contributed by atoms with Gasteiger partial charge in [-0.2, -0.15) is 0 Å². The average Bonchev–Trinajstić information content (AvgIpc) is 3.08. The van der Waals surface area contributed by atoms with E-state index in [2.05, 4.69) is 4.98 Å². The lowest BCUT2D eigenvalue weighted by atomic mass is 10.1. The van der Waals surface area contributed by atoms with Crippen LogP contribution >= 0.6 is 0 Å². The molecule has 2 heterocycles. The van der Waals surface area contributed by atoms with Gasteiger partial charge in [0.1, 0.15) is 5.82 Å². The van der Waals surface area contributed by atoms with Gasteiger partial charge in [0, 0.05) is 30.3 Å². The lowest BCUT2D eigenvalue weighted by molar-refractivity contribution is 0.0917. The maximum atomic E-state index is 13.5. The Bertz CT molecular complexity index is 685. The molecule has 1 amide bonds. The number of anilines is 1. The van der Waals surface area contributed by atoms with Crippen LogP contribution in [0.1, 0.15) is 28.8 Å². The van der Waals surface area contributed by atoms with Crippen molar-refractivity contribution in [1.29, 1.82) is 0 Å². The van der Waals surface area contributed by atoms with Crippen LogP contribution in [0.5, 0.6) is 0 Å². The first kappa shape index (κ1) is 15.6. The Morgan fingerprint density at radius 2 is 2.13 bits per heavy atom. The summed E-state index contributed by atoms with van der Waals surface area (Å²) in [6, 6.07) is 8.03. The highest BCUT2D eigenvalue weighted by molar-refractivity contribution is 6.06. The molecule has 1 unspecified atom stereocenters. The monoisotopic (exact) mass is 314 g/mol. The van der Waals surface area contributed by atoms with Crippen LogP contribution in [0.2, 0.25) is 0 Å². The molecule has 1 aromatic heterocycles. The van der Waals surface area contributed by atoms with Crippen molar-refractivity contribution in [1.82, 2.24) is 4.98 Å². The first-order valence-corrected chi connectivity index (χ1v) is 7.75. The van der Waals surface area contributed by atoms with E-state index in [9.17, 15) is 9.18 Å². The fraction of sp³-hybridized carbons (Fsp3) is 0.333. The Balaban J connectivity index is 1.89. The Hall–Kier alpha value is -2.27. The summed E-state index contributed by atoms with van der Waals surface area (Å²) >= 11 is 0. The molecule has 1 aliphatic heterocycles. The number of pyridine rings is 1. The van der Waals surface area contributed by atoms with Gasteiger partial charge in [0.05, 0.1) is 12.6 Å². The van der Waals surface area contributed by atoms with Crippen molar-refractivity contribution in [3.05, 3.63) is 59.7 Å². The summed E-state index contributed by atoms with van der Waals surface area (Å²) in [5.74, 6) is -0.467. The van der Waals surface area contributed by atoms with Gasteiger partial charge in [-0.1, -0.05) is 0 Å². The molecule has 120 valence electrons. The van der Waals surface area contributed by atoms with Crippen LogP contribution < -0.4 is 4.90 Å². The number of aryl methyl sites for hydroxylation is 1. The van der Waals surface area contributed by atoms with Crippen LogP contribution in [0.25, 0.3) is 0 Å². The zero-order valence-electron chi connectivity index (χ0n) is 13.0. The number of amides is 1. The number of carbonyl (C=O) groups excluding carboxylic acids is 1. The number of aromatic nitrogens is 1. The molecule has 0 saturated carbocycles. The van der Waals surface area contributed by atoms with E-state index < -0.39 is 0 Å². The Morgan fingerprint density at radius 3 is 2.78 bits per heavy atom. The van der Waals surface area contributed by atoms with Gasteiger partial charge in [-0.15, -0.1) is 0 Å². The lowest BCUT2D eigenvalue weighted by Gasteiger charge is -2.25. The number of hydrogen-bond donors (Lipinski definition) is 0. The van der Waals surface area contributed by atoms with Crippen LogP contribution in [-0.2, 0) is 4.74 Å². The number of rotatable bonds is 4. The average molecular weight is 314 g/mol. The second-order valence-electron chi connectivity index (χ2n) is 5.72. The number of hydrogen-bond acceptors (Lipinski definition) is 3. The van der Waals surface area contributed by atoms with Crippen molar-refractivity contribution in [2.24, 2.45) is 0 Å². The minimum absolute atomic E-state index is 0.0358. The Morgan fingerprint density at radius 1 is 1.35 bits per heavy atom. The Labute approximate surface area is 134 Å². The minimum atomic E-state index is -0.309. The van der Waals surface area contributed by atoms with Crippen molar-refractivity contribution < 1.29 is 13.9 Å². The number of ether oxygens (including phenoxy) is 1. The fourth-order valence-electron chi connectivity index (χ4n) is 2.76. The van der Waals surface area contributed by atoms with Crippen molar-refractivity contribution in [2.75, 3.05) is 18.1 Å². The number of nitrogens with zero attached hydrogens (tertiary/aromatic N) is 2. The highest BCUT2D eigenvalue weighted by Gasteiger charge is 2.25. The van der Waals surface area contributed by atoms with Gasteiger partial charge in [-0.25, -0.2) is 4.39 Å². The predicted octanol–water partition coefficient (Wildman–Crippen LogP) is 3.35. The fourth-order valence-corrected chi connectivity index (χ4v) is 2.76. The topological polar surface area (TPSA) is 42.4 Å². The van der Waals surface area contributed by atoms with E-state index in [1.807, 2.05) is 0 Å². The van der Waals surface area contributed by atoms with E-state index in [-0.39, 0.29) is 17.8 Å². The normalized spacial score (nSPS) is 17.2. The summed E-state index contributed by atoms with van der Waals surface area (Å²) in [7, 11) is 0.